The summed E-state index contributed by atoms with van der Waals surface area (Å²) in [6.45, 7) is 5.59. The second-order valence-corrected chi connectivity index (χ2v) is 7.00. The summed E-state index contributed by atoms with van der Waals surface area (Å²) in [5, 5.41) is 0. The van der Waals surface area contributed by atoms with Crippen molar-refractivity contribution in [2.24, 2.45) is 0 Å². The van der Waals surface area contributed by atoms with Gasteiger partial charge in [-0.3, -0.25) is 0 Å². The van der Waals surface area contributed by atoms with Gasteiger partial charge in [-0.15, -0.1) is 0 Å². The molecule has 0 atom stereocenters. The molecule has 0 aliphatic carbocycles. The van der Waals surface area contributed by atoms with Crippen molar-refractivity contribution >= 4 is 20.1 Å². The zero-order valence-electron chi connectivity index (χ0n) is 5.29. The van der Waals surface area contributed by atoms with E-state index in [1.807, 2.05) is 0 Å². The number of nitrogens with one attached hydrogen (secondary N) is 1. The van der Waals surface area contributed by atoms with Crippen LogP contribution >= 0.6 is 20.1 Å². The van der Waals surface area contributed by atoms with E-state index < -0.39 is 20.1 Å². The summed E-state index contributed by atoms with van der Waals surface area (Å²) in [7, 11) is 0. The number of hydrogen-bond donors (Lipinski definition) is 1. The third-order valence-electron chi connectivity index (χ3n) is 0.763. The Hall–Kier alpha value is 0.690. The Morgan fingerprint density at radius 3 is 2.14 bits per heavy atom. The molecule has 0 aliphatic rings. The van der Waals surface area contributed by atoms with Crippen molar-refractivity contribution < 1.29 is 0 Å². The van der Waals surface area contributed by atoms with E-state index in [-0.39, 0.29) is 0 Å². The zero-order chi connectivity index (χ0) is 5.70. The average molecular weight is 215 g/mol. The summed E-state index contributed by atoms with van der Waals surface area (Å²) in [4.78, 5) is 2.35. The summed E-state index contributed by atoms with van der Waals surface area (Å²) in [5.41, 5.74) is 0. The molecule has 0 aliphatic heterocycles. The number of alkyl halides is 2. The maximum atomic E-state index is 3.45. The van der Waals surface area contributed by atoms with Gasteiger partial charge in [0.2, 0.25) is 0 Å². The fraction of sp³-hybridized carbons (Fsp3) is 1.00. The van der Waals surface area contributed by atoms with Gasteiger partial charge in [0.15, 0.2) is 0 Å². The van der Waals surface area contributed by atoms with E-state index in [9.17, 15) is 0 Å². The molecule has 0 radical (unpaired) electrons. The van der Waals surface area contributed by atoms with Gasteiger partial charge in [0, 0.05) is 0 Å². The van der Waals surface area contributed by atoms with Crippen LogP contribution in [0.4, 0.5) is 0 Å². The van der Waals surface area contributed by atoms with Crippen LogP contribution in [0.25, 0.3) is 0 Å². The quantitative estimate of drug-likeness (QED) is 0.429. The van der Waals surface area contributed by atoms with Crippen LogP contribution in [0.15, 0.2) is 0 Å². The first-order chi connectivity index (χ1) is 3.31. The van der Waals surface area contributed by atoms with E-state index in [0.717, 1.165) is 6.54 Å². The molecular formula is C5H14IN. The molecule has 0 saturated heterocycles. The van der Waals surface area contributed by atoms with Crippen molar-refractivity contribution in [3.05, 3.63) is 0 Å². The first-order valence-electron chi connectivity index (χ1n) is 2.60. The van der Waals surface area contributed by atoms with Crippen molar-refractivity contribution in [2.45, 2.75) is 13.8 Å². The van der Waals surface area contributed by atoms with Gasteiger partial charge < -0.3 is 0 Å². The Kier molecular flexibility index (Phi) is 5.32. The molecule has 0 saturated carbocycles. The van der Waals surface area contributed by atoms with Crippen LogP contribution in [-0.2, 0) is 0 Å². The Labute approximate surface area is 53.6 Å². The van der Waals surface area contributed by atoms with E-state index in [1.165, 1.54) is 4.43 Å². The molecule has 0 unspecified atom stereocenters. The molecule has 0 bridgehead atoms. The second kappa shape index (κ2) is 4.84. The first kappa shape index (κ1) is 7.69. The van der Waals surface area contributed by atoms with Crippen LogP contribution in [0.2, 0.25) is 0 Å². The van der Waals surface area contributed by atoms with Gasteiger partial charge >= 0.3 is 53.4 Å². The second-order valence-electron chi connectivity index (χ2n) is 1.34. The van der Waals surface area contributed by atoms with Crippen molar-refractivity contribution in [3.63, 3.8) is 0 Å². The summed E-state index contributed by atoms with van der Waals surface area (Å²) < 4.78 is 4.84. The van der Waals surface area contributed by atoms with Gasteiger partial charge in [-0.1, -0.05) is 0 Å². The Balaban J connectivity index is 2.83. The van der Waals surface area contributed by atoms with Gasteiger partial charge in [-0.25, -0.2) is 0 Å². The van der Waals surface area contributed by atoms with E-state index in [4.69, 9.17) is 0 Å². The minimum atomic E-state index is -0.576. The van der Waals surface area contributed by atoms with Crippen LogP contribution in [0.1, 0.15) is 13.8 Å². The minimum absolute atomic E-state index is 0.576. The summed E-state index contributed by atoms with van der Waals surface area (Å²) in [6, 6.07) is 0. The van der Waals surface area contributed by atoms with E-state index >= 15 is 0 Å². The molecule has 0 aromatic carbocycles. The fourth-order valence-electron chi connectivity index (χ4n) is 0.323. The summed E-state index contributed by atoms with van der Waals surface area (Å²) in [6.07, 6.45) is 0. The van der Waals surface area contributed by atoms with Gasteiger partial charge in [0.25, 0.3) is 0 Å². The average Bonchev–Trinajstić information content (AvgIpc) is 1.68. The number of rotatable bonds is 3. The summed E-state index contributed by atoms with van der Waals surface area (Å²) in [5.74, 6) is 0. The molecule has 7 heavy (non-hydrogen) atoms. The van der Waals surface area contributed by atoms with Gasteiger partial charge in [0.1, 0.15) is 0 Å². The molecule has 0 spiro atoms. The fourth-order valence-corrected chi connectivity index (χ4v) is 2.16. The van der Waals surface area contributed by atoms with Crippen molar-refractivity contribution in [1.29, 1.82) is 0 Å². The molecular weight excluding hydrogens is 201 g/mol. The standard InChI is InChI=1S/C5H14IN/c1-4-6(3)7-5-2/h7H,4-5H2,1-3H3. The zero-order valence-corrected chi connectivity index (χ0v) is 7.45. The molecule has 0 fully saturated rings. The predicted molar refractivity (Wildman–Crippen MR) is 44.2 cm³/mol. The molecule has 0 aromatic heterocycles. The van der Waals surface area contributed by atoms with Gasteiger partial charge in [-0.2, -0.15) is 0 Å². The van der Waals surface area contributed by atoms with Crippen LogP contribution in [0.5, 0.6) is 0 Å². The molecule has 0 rings (SSSR count). The van der Waals surface area contributed by atoms with Crippen molar-refractivity contribution in [1.82, 2.24) is 3.53 Å². The van der Waals surface area contributed by atoms with E-state index in [0.29, 0.717) is 0 Å². The molecule has 2 heteroatoms. The van der Waals surface area contributed by atoms with E-state index in [1.54, 1.807) is 0 Å². The third kappa shape index (κ3) is 4.55. The topological polar surface area (TPSA) is 12.0 Å². The number of hydrogen-bond acceptors (Lipinski definition) is 1. The molecule has 1 nitrogen and oxygen atoms in total. The van der Waals surface area contributed by atoms with Gasteiger partial charge in [0.05, 0.1) is 0 Å². The van der Waals surface area contributed by atoms with Crippen molar-refractivity contribution in [3.8, 4) is 0 Å². The summed E-state index contributed by atoms with van der Waals surface area (Å²) >= 11 is -0.576. The first-order valence-corrected chi connectivity index (χ1v) is 7.36. The van der Waals surface area contributed by atoms with Crippen LogP contribution in [0, 0.1) is 0 Å². The maximum absolute atomic E-state index is 3.45. The molecule has 46 valence electrons. The third-order valence-corrected chi connectivity index (χ3v) is 5.12. The molecule has 0 heterocycles. The Bertz CT molecular complexity index is 39.1. The normalized spacial score (nSPS) is 11.6. The molecule has 0 amide bonds. The molecule has 1 N–H and O–H groups in total. The predicted octanol–water partition coefficient (Wildman–Crippen LogP) is 1.67. The van der Waals surface area contributed by atoms with Crippen molar-refractivity contribution in [2.75, 3.05) is 15.9 Å². The van der Waals surface area contributed by atoms with Gasteiger partial charge in [-0.05, 0) is 0 Å². The SMILES string of the molecule is CCNI(C)CC. The van der Waals surface area contributed by atoms with E-state index in [2.05, 4.69) is 22.3 Å². The van der Waals surface area contributed by atoms with Crippen LogP contribution in [0.3, 0.4) is 0 Å². The van der Waals surface area contributed by atoms with Crippen LogP contribution in [-0.4, -0.2) is 15.9 Å². The monoisotopic (exact) mass is 215 g/mol. The molecule has 0 aromatic rings. The van der Waals surface area contributed by atoms with Crippen LogP contribution < -0.4 is 3.53 Å². The Morgan fingerprint density at radius 1 is 1.43 bits per heavy atom. The Morgan fingerprint density at radius 2 is 2.00 bits per heavy atom. The number of halogens is 1.